The van der Waals surface area contributed by atoms with Gasteiger partial charge in [-0.05, 0) is 30.3 Å². The molecule has 188 valence electrons. The second kappa shape index (κ2) is 10.1. The number of carboxylic acids is 1. The van der Waals surface area contributed by atoms with Crippen molar-refractivity contribution in [3.63, 3.8) is 0 Å². The quantitative estimate of drug-likeness (QED) is 0.0488. The molecule has 36 heavy (non-hydrogen) atoms. The van der Waals surface area contributed by atoms with Crippen LogP contribution < -0.4 is 11.2 Å². The van der Waals surface area contributed by atoms with E-state index >= 15 is 0 Å². The second-order valence-electron chi connectivity index (χ2n) is 6.96. The number of anilines is 2. The molecule has 0 spiro atoms. The Morgan fingerprint density at radius 2 is 1.53 bits per heavy atom. The fourth-order valence-electron chi connectivity index (χ4n) is 2.74. The Bertz CT molecular complexity index is 1600. The number of phenolic OH excluding ortho intramolecular Hbond substituents is 1. The van der Waals surface area contributed by atoms with Crippen LogP contribution in [-0.4, -0.2) is 48.0 Å². The molecule has 14 nitrogen and oxygen atoms in total. The smallest absolute Gasteiger partial charge is 0.338 e. The molecule has 0 saturated carbocycles. The highest BCUT2D eigenvalue weighted by atomic mass is 32.2. The number of nitrogens with two attached hydrogens (primary N) is 1. The predicted molar refractivity (Wildman–Crippen MR) is 127 cm³/mol. The van der Waals surface area contributed by atoms with Gasteiger partial charge in [-0.1, -0.05) is 30.3 Å². The first-order valence-corrected chi connectivity index (χ1v) is 12.4. The van der Waals surface area contributed by atoms with Gasteiger partial charge in [-0.3, -0.25) is 14.5 Å². The zero-order valence-corrected chi connectivity index (χ0v) is 19.5. The summed E-state index contributed by atoms with van der Waals surface area (Å²) in [5.74, 6) is -2.31. The number of aromatic hydroxyl groups is 1. The molecule has 0 fully saturated rings. The van der Waals surface area contributed by atoms with Crippen molar-refractivity contribution in [2.24, 2.45) is 15.3 Å². The van der Waals surface area contributed by atoms with Crippen LogP contribution in [0.15, 0.2) is 85.8 Å². The van der Waals surface area contributed by atoms with Gasteiger partial charge >= 0.3 is 5.97 Å². The van der Waals surface area contributed by atoms with Crippen LogP contribution in [0.4, 0.5) is 17.1 Å². The Morgan fingerprint density at radius 1 is 0.889 bits per heavy atom. The van der Waals surface area contributed by atoms with Crippen LogP contribution in [0, 0.1) is 0 Å². The SMILES string of the molecule is Nc1cc(S(=O)(=O)O)cc(NN=C(N=Nc2ccc(S(=O)(=O)O)cc2C(=O)O)c2ccccc2)c1O. The van der Waals surface area contributed by atoms with Gasteiger partial charge in [0.15, 0.2) is 5.75 Å². The van der Waals surface area contributed by atoms with Crippen LogP contribution in [0.25, 0.3) is 0 Å². The van der Waals surface area contributed by atoms with E-state index in [1.54, 1.807) is 30.3 Å². The van der Waals surface area contributed by atoms with Crippen LogP contribution in [0.2, 0.25) is 0 Å². The molecule has 0 aliphatic rings. The number of nitrogen functional groups attached to an aromatic ring is 1. The minimum Gasteiger partial charge on any atom is -0.504 e. The van der Waals surface area contributed by atoms with Gasteiger partial charge < -0.3 is 15.9 Å². The standard InChI is InChI=1S/C20H17N5O9S2/c21-15-9-13(36(32,33)34)10-17(18(15)26)23-25-19(11-4-2-1-3-5-11)24-22-16-7-6-12(35(29,30)31)8-14(16)20(27)28/h1-10,23,26H,21H2,(H,27,28)(H,29,30,31)(H,32,33,34). The molecular formula is C20H17N5O9S2. The lowest BCUT2D eigenvalue weighted by Gasteiger charge is -2.09. The average molecular weight is 536 g/mol. The fourth-order valence-corrected chi connectivity index (χ4v) is 3.79. The van der Waals surface area contributed by atoms with Crippen molar-refractivity contribution < 1.29 is 40.9 Å². The number of aromatic carboxylic acids is 1. The van der Waals surface area contributed by atoms with E-state index in [2.05, 4.69) is 20.8 Å². The third-order valence-corrected chi connectivity index (χ3v) is 6.15. The van der Waals surface area contributed by atoms with Gasteiger partial charge in [-0.2, -0.15) is 21.9 Å². The largest absolute Gasteiger partial charge is 0.504 e. The number of phenols is 1. The molecule has 7 N–H and O–H groups in total. The van der Waals surface area contributed by atoms with E-state index in [1.165, 1.54) is 0 Å². The molecule has 0 bridgehead atoms. The van der Waals surface area contributed by atoms with E-state index < -0.39 is 47.3 Å². The maximum atomic E-state index is 11.6. The number of carboxylic acid groups (broad SMARTS) is 1. The van der Waals surface area contributed by atoms with E-state index in [1.807, 2.05) is 0 Å². The number of rotatable bonds is 7. The topological polar surface area (TPSA) is 241 Å². The number of hydrogen-bond donors (Lipinski definition) is 6. The number of benzene rings is 3. The van der Waals surface area contributed by atoms with Gasteiger partial charge in [0, 0.05) is 5.56 Å². The highest BCUT2D eigenvalue weighted by molar-refractivity contribution is 7.86. The van der Waals surface area contributed by atoms with Gasteiger partial charge in [-0.15, -0.1) is 10.2 Å². The third-order valence-electron chi connectivity index (χ3n) is 4.47. The lowest BCUT2D eigenvalue weighted by Crippen LogP contribution is -2.05. The zero-order chi connectivity index (χ0) is 26.7. The molecule has 0 aromatic heterocycles. The number of hydrogen-bond acceptors (Lipinski definition) is 10. The monoisotopic (exact) mass is 535 g/mol. The number of nitrogens with zero attached hydrogens (tertiary/aromatic N) is 3. The first-order chi connectivity index (χ1) is 16.8. The van der Waals surface area contributed by atoms with Crippen LogP contribution in [0.5, 0.6) is 5.75 Å². The summed E-state index contributed by atoms with van der Waals surface area (Å²) in [4.78, 5) is 10.3. The van der Waals surface area contributed by atoms with Gasteiger partial charge in [0.2, 0.25) is 5.84 Å². The molecule has 3 aromatic carbocycles. The molecule has 0 aliphatic heterocycles. The molecular weight excluding hydrogens is 518 g/mol. The first-order valence-electron chi connectivity index (χ1n) is 9.53. The third kappa shape index (κ3) is 6.19. The summed E-state index contributed by atoms with van der Waals surface area (Å²) >= 11 is 0. The predicted octanol–water partition coefficient (Wildman–Crippen LogP) is 2.72. The Labute approximate surface area is 203 Å². The van der Waals surface area contributed by atoms with E-state index in [0.717, 1.165) is 24.3 Å². The number of hydrazone groups is 1. The molecule has 0 radical (unpaired) electrons. The molecule has 0 saturated heterocycles. The van der Waals surface area contributed by atoms with Crippen LogP contribution >= 0.6 is 0 Å². The Hall–Kier alpha value is -4.38. The molecule has 0 atom stereocenters. The summed E-state index contributed by atoms with van der Waals surface area (Å²) in [6.45, 7) is 0. The van der Waals surface area contributed by atoms with E-state index in [4.69, 9.17) is 10.3 Å². The molecule has 0 unspecified atom stereocenters. The van der Waals surface area contributed by atoms with Crippen molar-refractivity contribution in [2.45, 2.75) is 9.79 Å². The number of azo groups is 1. The Balaban J connectivity index is 2.08. The summed E-state index contributed by atoms with van der Waals surface area (Å²) < 4.78 is 64.0. The number of carbonyl (C=O) groups is 1. The zero-order valence-electron chi connectivity index (χ0n) is 17.8. The van der Waals surface area contributed by atoms with Crippen molar-refractivity contribution in [3.05, 3.63) is 71.8 Å². The highest BCUT2D eigenvalue weighted by Gasteiger charge is 2.18. The van der Waals surface area contributed by atoms with Crippen LogP contribution in [-0.2, 0) is 20.2 Å². The normalized spacial score (nSPS) is 12.6. The Morgan fingerprint density at radius 3 is 2.11 bits per heavy atom. The molecule has 3 aromatic rings. The lowest BCUT2D eigenvalue weighted by molar-refractivity contribution is 0.0697. The van der Waals surface area contributed by atoms with Gasteiger partial charge in [0.05, 0.1) is 21.0 Å². The van der Waals surface area contributed by atoms with E-state index in [0.29, 0.717) is 11.6 Å². The first kappa shape index (κ1) is 26.2. The van der Waals surface area contributed by atoms with Crippen molar-refractivity contribution in [1.29, 1.82) is 0 Å². The maximum Gasteiger partial charge on any atom is 0.338 e. The molecule has 0 amide bonds. The maximum absolute atomic E-state index is 11.6. The number of amidine groups is 1. The Kier molecular flexibility index (Phi) is 7.35. The van der Waals surface area contributed by atoms with Crippen molar-refractivity contribution in [2.75, 3.05) is 11.2 Å². The van der Waals surface area contributed by atoms with Gasteiger partial charge in [0.25, 0.3) is 20.2 Å². The van der Waals surface area contributed by atoms with E-state index in [-0.39, 0.29) is 22.9 Å². The minimum atomic E-state index is -4.67. The summed E-state index contributed by atoms with van der Waals surface area (Å²) in [6, 6.07) is 12.4. The highest BCUT2D eigenvalue weighted by Crippen LogP contribution is 2.33. The number of nitrogens with one attached hydrogen (secondary N) is 1. The summed E-state index contributed by atoms with van der Waals surface area (Å²) in [5.41, 5.74) is 6.75. The summed E-state index contributed by atoms with van der Waals surface area (Å²) in [6.07, 6.45) is 0. The minimum absolute atomic E-state index is 0.180. The second-order valence-corrected chi connectivity index (χ2v) is 9.80. The van der Waals surface area contributed by atoms with E-state index in [9.17, 15) is 36.4 Å². The van der Waals surface area contributed by atoms with Gasteiger partial charge in [-0.25, -0.2) is 4.79 Å². The fraction of sp³-hybridized carbons (Fsp3) is 0. The lowest BCUT2D eigenvalue weighted by atomic mass is 10.2. The molecule has 0 aliphatic carbocycles. The van der Waals surface area contributed by atoms with Crippen LogP contribution in [0.3, 0.4) is 0 Å². The van der Waals surface area contributed by atoms with Crippen LogP contribution in [0.1, 0.15) is 15.9 Å². The summed E-state index contributed by atoms with van der Waals surface area (Å²) in [5, 5.41) is 31.2. The van der Waals surface area contributed by atoms with Crippen molar-refractivity contribution in [3.8, 4) is 5.75 Å². The van der Waals surface area contributed by atoms with Gasteiger partial charge in [0.1, 0.15) is 11.4 Å². The molecule has 0 heterocycles. The average Bonchev–Trinajstić information content (AvgIpc) is 2.80. The summed E-state index contributed by atoms with van der Waals surface area (Å²) in [7, 11) is -9.34. The molecule has 16 heteroatoms. The van der Waals surface area contributed by atoms with Crippen molar-refractivity contribution in [1.82, 2.24) is 0 Å². The van der Waals surface area contributed by atoms with Crippen molar-refractivity contribution >= 4 is 49.1 Å². The molecule has 3 rings (SSSR count).